The first-order chi connectivity index (χ1) is 12.1. The molecule has 1 fully saturated rings. The molecule has 1 aliphatic rings. The van der Waals surface area contributed by atoms with Gasteiger partial charge in [-0.3, -0.25) is 4.79 Å². The Hall–Kier alpha value is -1.73. The molecule has 0 unspecified atom stereocenters. The number of rotatable bonds is 8. The van der Waals surface area contributed by atoms with Crippen molar-refractivity contribution in [1.29, 1.82) is 0 Å². The molecule has 1 aromatic heterocycles. The van der Waals surface area contributed by atoms with Gasteiger partial charge in [0.2, 0.25) is 5.95 Å². The summed E-state index contributed by atoms with van der Waals surface area (Å²) in [5.41, 5.74) is 1.30. The summed E-state index contributed by atoms with van der Waals surface area (Å²) in [6.07, 6.45) is 1.66. The second kappa shape index (κ2) is 9.68. The molecule has 1 aromatic rings. The predicted octanol–water partition coefficient (Wildman–Crippen LogP) is 0.999. The minimum Gasteiger partial charge on any atom is -0.351 e. The predicted molar refractivity (Wildman–Crippen MR) is 101 cm³/mol. The van der Waals surface area contributed by atoms with E-state index >= 15 is 0 Å². The molecule has 7 nitrogen and oxygen atoms in total. The minimum absolute atomic E-state index is 0.0907. The van der Waals surface area contributed by atoms with Crippen LogP contribution in [0.15, 0.2) is 6.20 Å². The summed E-state index contributed by atoms with van der Waals surface area (Å²) in [5.74, 6) is 0.639. The van der Waals surface area contributed by atoms with Crippen LogP contribution in [0.2, 0.25) is 0 Å². The van der Waals surface area contributed by atoms with Crippen LogP contribution in [0, 0.1) is 6.92 Å². The number of amides is 1. The van der Waals surface area contributed by atoms with Gasteiger partial charge < -0.3 is 20.0 Å². The Bertz CT molecular complexity index is 552. The highest BCUT2D eigenvalue weighted by Gasteiger charge is 2.19. The molecule has 25 heavy (non-hydrogen) atoms. The van der Waals surface area contributed by atoms with Crippen molar-refractivity contribution in [3.05, 3.63) is 17.5 Å². The largest absolute Gasteiger partial charge is 0.351 e. The summed E-state index contributed by atoms with van der Waals surface area (Å²) in [7, 11) is 0. The van der Waals surface area contributed by atoms with Gasteiger partial charge in [0.05, 0.1) is 11.3 Å². The van der Waals surface area contributed by atoms with Crippen molar-refractivity contribution >= 4 is 11.9 Å². The number of piperazine rings is 1. The second-order valence-electron chi connectivity index (χ2n) is 6.37. The zero-order valence-corrected chi connectivity index (χ0v) is 16.1. The summed E-state index contributed by atoms with van der Waals surface area (Å²) in [5, 5.41) is 2.97. The second-order valence-corrected chi connectivity index (χ2v) is 6.37. The molecule has 1 aliphatic heterocycles. The number of nitrogens with one attached hydrogen (secondary N) is 1. The van der Waals surface area contributed by atoms with E-state index < -0.39 is 0 Å². The van der Waals surface area contributed by atoms with Gasteiger partial charge in [-0.05, 0) is 26.6 Å². The average Bonchev–Trinajstić information content (AvgIpc) is 2.65. The van der Waals surface area contributed by atoms with E-state index in [4.69, 9.17) is 0 Å². The summed E-state index contributed by atoms with van der Waals surface area (Å²) < 4.78 is 0. The normalized spacial score (nSPS) is 15.6. The molecule has 1 amide bonds. The molecule has 140 valence electrons. The van der Waals surface area contributed by atoms with Crippen LogP contribution < -0.4 is 10.2 Å². The van der Waals surface area contributed by atoms with Gasteiger partial charge >= 0.3 is 0 Å². The standard InChI is InChI=1S/C18H32N6O/c1-5-22(6-2)9-8-19-17(25)16-14-20-18(21-15(16)4)24-12-10-23(7-3)11-13-24/h14H,5-13H2,1-4H3,(H,19,25). The molecule has 0 saturated carbocycles. The van der Waals surface area contributed by atoms with Crippen molar-refractivity contribution in [2.24, 2.45) is 0 Å². The van der Waals surface area contributed by atoms with Crippen molar-refractivity contribution < 1.29 is 4.79 Å². The molecule has 7 heteroatoms. The Morgan fingerprint density at radius 2 is 1.88 bits per heavy atom. The van der Waals surface area contributed by atoms with Crippen LogP contribution in [0.4, 0.5) is 5.95 Å². The van der Waals surface area contributed by atoms with Crippen molar-refractivity contribution in [3.63, 3.8) is 0 Å². The lowest BCUT2D eigenvalue weighted by Gasteiger charge is -2.34. The molecule has 2 heterocycles. The Morgan fingerprint density at radius 3 is 2.44 bits per heavy atom. The van der Waals surface area contributed by atoms with Gasteiger partial charge in [-0.15, -0.1) is 0 Å². The van der Waals surface area contributed by atoms with Gasteiger partial charge in [0, 0.05) is 45.5 Å². The van der Waals surface area contributed by atoms with Crippen molar-refractivity contribution in [3.8, 4) is 0 Å². The Labute approximate surface area is 151 Å². The first kappa shape index (κ1) is 19.6. The third-order valence-electron chi connectivity index (χ3n) is 4.92. The van der Waals surface area contributed by atoms with Gasteiger partial charge in [-0.1, -0.05) is 20.8 Å². The van der Waals surface area contributed by atoms with Crippen LogP contribution in [0.5, 0.6) is 0 Å². The quantitative estimate of drug-likeness (QED) is 0.756. The summed E-state index contributed by atoms with van der Waals surface area (Å²) in [6.45, 7) is 16.8. The molecular formula is C18H32N6O. The van der Waals surface area contributed by atoms with E-state index in [1.165, 1.54) is 0 Å². The first-order valence-electron chi connectivity index (χ1n) is 9.40. The van der Waals surface area contributed by atoms with Gasteiger partial charge in [0.15, 0.2) is 0 Å². The maximum absolute atomic E-state index is 12.4. The molecule has 0 spiro atoms. The lowest BCUT2D eigenvalue weighted by Crippen LogP contribution is -2.46. The zero-order chi connectivity index (χ0) is 18.2. The van der Waals surface area contributed by atoms with E-state index in [2.05, 4.69) is 50.8 Å². The minimum atomic E-state index is -0.0907. The number of aryl methyl sites for hydroxylation is 1. The van der Waals surface area contributed by atoms with Crippen LogP contribution >= 0.6 is 0 Å². The third kappa shape index (κ3) is 5.37. The smallest absolute Gasteiger partial charge is 0.254 e. The average molecular weight is 348 g/mol. The van der Waals surface area contributed by atoms with E-state index in [1.807, 2.05) is 6.92 Å². The van der Waals surface area contributed by atoms with Crippen LogP contribution in [-0.4, -0.2) is 84.6 Å². The Morgan fingerprint density at radius 1 is 1.20 bits per heavy atom. The maximum atomic E-state index is 12.4. The van der Waals surface area contributed by atoms with E-state index in [9.17, 15) is 4.79 Å². The van der Waals surface area contributed by atoms with Gasteiger partial charge in [0.1, 0.15) is 0 Å². The number of nitrogens with zero attached hydrogens (tertiary/aromatic N) is 5. The zero-order valence-electron chi connectivity index (χ0n) is 16.1. The maximum Gasteiger partial charge on any atom is 0.254 e. The monoisotopic (exact) mass is 348 g/mol. The van der Waals surface area contributed by atoms with Gasteiger partial charge in [0.25, 0.3) is 5.91 Å². The number of anilines is 1. The number of aromatic nitrogens is 2. The highest BCUT2D eigenvalue weighted by molar-refractivity contribution is 5.94. The van der Waals surface area contributed by atoms with Crippen molar-refractivity contribution in [2.45, 2.75) is 27.7 Å². The fraction of sp³-hybridized carbons (Fsp3) is 0.722. The van der Waals surface area contributed by atoms with Crippen LogP contribution in [0.3, 0.4) is 0 Å². The highest BCUT2D eigenvalue weighted by atomic mass is 16.1. The highest BCUT2D eigenvalue weighted by Crippen LogP contribution is 2.13. The molecule has 1 N–H and O–H groups in total. The molecule has 0 atom stereocenters. The SMILES string of the molecule is CCN(CC)CCNC(=O)c1cnc(N2CCN(CC)CC2)nc1C. The molecule has 2 rings (SSSR count). The Kier molecular flexibility index (Phi) is 7.58. The molecular weight excluding hydrogens is 316 g/mol. The summed E-state index contributed by atoms with van der Waals surface area (Å²) in [6, 6.07) is 0. The van der Waals surface area contributed by atoms with E-state index in [1.54, 1.807) is 6.20 Å². The van der Waals surface area contributed by atoms with Gasteiger partial charge in [-0.2, -0.15) is 0 Å². The number of hydrogen-bond acceptors (Lipinski definition) is 6. The van der Waals surface area contributed by atoms with E-state index in [0.29, 0.717) is 12.1 Å². The first-order valence-corrected chi connectivity index (χ1v) is 9.40. The molecule has 0 radical (unpaired) electrons. The number of likely N-dealkylation sites (N-methyl/N-ethyl adjacent to an activating group) is 2. The number of carbonyl (C=O) groups is 1. The van der Waals surface area contributed by atoms with E-state index in [0.717, 1.165) is 64.0 Å². The summed E-state index contributed by atoms with van der Waals surface area (Å²) >= 11 is 0. The van der Waals surface area contributed by atoms with Crippen molar-refractivity contribution in [2.75, 3.05) is 63.8 Å². The lowest BCUT2D eigenvalue weighted by molar-refractivity contribution is 0.0947. The summed E-state index contributed by atoms with van der Waals surface area (Å²) in [4.78, 5) is 28.3. The Balaban J connectivity index is 1.91. The van der Waals surface area contributed by atoms with Crippen LogP contribution in [0.1, 0.15) is 36.8 Å². The van der Waals surface area contributed by atoms with Gasteiger partial charge in [-0.25, -0.2) is 9.97 Å². The topological polar surface area (TPSA) is 64.6 Å². The number of hydrogen-bond donors (Lipinski definition) is 1. The van der Waals surface area contributed by atoms with Crippen molar-refractivity contribution in [1.82, 2.24) is 25.1 Å². The lowest BCUT2D eigenvalue weighted by atomic mass is 10.2. The molecule has 0 bridgehead atoms. The fourth-order valence-corrected chi connectivity index (χ4v) is 3.06. The third-order valence-corrected chi connectivity index (χ3v) is 4.92. The van der Waals surface area contributed by atoms with Crippen LogP contribution in [0.25, 0.3) is 0 Å². The van der Waals surface area contributed by atoms with E-state index in [-0.39, 0.29) is 5.91 Å². The molecule has 1 saturated heterocycles. The fourth-order valence-electron chi connectivity index (χ4n) is 3.06. The number of carbonyl (C=O) groups excluding carboxylic acids is 1. The molecule has 0 aliphatic carbocycles. The molecule has 0 aromatic carbocycles. The van der Waals surface area contributed by atoms with Crippen LogP contribution in [-0.2, 0) is 0 Å².